The predicted octanol–water partition coefficient (Wildman–Crippen LogP) is 2.81. The molecule has 0 aromatic heterocycles. The summed E-state index contributed by atoms with van der Waals surface area (Å²) in [4.78, 5) is 28.2. The molecule has 0 aliphatic rings. The summed E-state index contributed by atoms with van der Waals surface area (Å²) in [5.41, 5.74) is 2.01. The van der Waals surface area contributed by atoms with Crippen molar-refractivity contribution in [3.63, 3.8) is 0 Å². The van der Waals surface area contributed by atoms with Gasteiger partial charge in [0, 0.05) is 13.1 Å². The Labute approximate surface area is 163 Å². The molecule has 6 heteroatoms. The van der Waals surface area contributed by atoms with E-state index in [1.807, 2.05) is 32.0 Å². The van der Waals surface area contributed by atoms with Gasteiger partial charge in [0.15, 0.2) is 6.61 Å². The molecule has 0 atom stereocenters. The van der Waals surface area contributed by atoms with E-state index in [1.54, 1.807) is 4.90 Å². The van der Waals surface area contributed by atoms with E-state index < -0.39 is 0 Å². The molecule has 0 radical (unpaired) electrons. The highest BCUT2D eigenvalue weighted by Crippen LogP contribution is 2.22. The van der Waals surface area contributed by atoms with Crippen molar-refractivity contribution < 1.29 is 19.1 Å². The van der Waals surface area contributed by atoms with Gasteiger partial charge in [0.25, 0.3) is 5.91 Å². The number of aryl methyl sites for hydroxylation is 2. The lowest BCUT2D eigenvalue weighted by Crippen LogP contribution is -2.38. The summed E-state index contributed by atoms with van der Waals surface area (Å²) in [7, 11) is 1.36. The van der Waals surface area contributed by atoms with Crippen LogP contribution in [-0.4, -0.2) is 68.1 Å². The van der Waals surface area contributed by atoms with Crippen LogP contribution < -0.4 is 4.74 Å². The molecule has 1 amide bonds. The van der Waals surface area contributed by atoms with Crippen molar-refractivity contribution in [2.45, 2.75) is 40.5 Å². The number of ether oxygens (including phenoxy) is 2. The molecule has 0 saturated heterocycles. The van der Waals surface area contributed by atoms with Crippen LogP contribution in [0.25, 0.3) is 0 Å². The third-order valence-corrected chi connectivity index (χ3v) is 4.71. The highest BCUT2D eigenvalue weighted by atomic mass is 16.5. The summed E-state index contributed by atoms with van der Waals surface area (Å²) in [6.45, 7) is 12.0. The summed E-state index contributed by atoms with van der Waals surface area (Å²) in [5, 5.41) is 0. The number of hydrogen-bond acceptors (Lipinski definition) is 5. The number of para-hydroxylation sites is 1. The molecule has 0 aliphatic heterocycles. The first kappa shape index (κ1) is 23.0. The normalized spacial score (nSPS) is 10.7. The van der Waals surface area contributed by atoms with Gasteiger partial charge >= 0.3 is 5.97 Å². The fourth-order valence-electron chi connectivity index (χ4n) is 2.97. The summed E-state index contributed by atoms with van der Waals surface area (Å²) in [6, 6.07) is 5.90. The van der Waals surface area contributed by atoms with Gasteiger partial charge in [0.05, 0.1) is 13.5 Å². The van der Waals surface area contributed by atoms with Crippen LogP contribution in [0.2, 0.25) is 0 Å². The Hall–Kier alpha value is -2.08. The van der Waals surface area contributed by atoms with Crippen LogP contribution >= 0.6 is 0 Å². The zero-order valence-electron chi connectivity index (χ0n) is 17.4. The molecule has 6 nitrogen and oxygen atoms in total. The molecule has 27 heavy (non-hydrogen) atoms. The van der Waals surface area contributed by atoms with Crippen molar-refractivity contribution in [1.29, 1.82) is 0 Å². The molecule has 0 spiro atoms. The van der Waals surface area contributed by atoms with E-state index in [0.717, 1.165) is 42.9 Å². The summed E-state index contributed by atoms with van der Waals surface area (Å²) >= 11 is 0. The Morgan fingerprint density at radius 1 is 1.00 bits per heavy atom. The zero-order chi connectivity index (χ0) is 20.2. The second-order valence-corrected chi connectivity index (χ2v) is 6.60. The van der Waals surface area contributed by atoms with Gasteiger partial charge in [-0.3, -0.25) is 9.59 Å². The van der Waals surface area contributed by atoms with Crippen LogP contribution in [0.15, 0.2) is 18.2 Å². The monoisotopic (exact) mass is 378 g/mol. The van der Waals surface area contributed by atoms with Gasteiger partial charge in [-0.2, -0.15) is 0 Å². The van der Waals surface area contributed by atoms with Gasteiger partial charge in [-0.1, -0.05) is 32.0 Å². The van der Waals surface area contributed by atoms with Crippen LogP contribution in [0.3, 0.4) is 0 Å². The second kappa shape index (κ2) is 12.3. The van der Waals surface area contributed by atoms with Gasteiger partial charge in [-0.25, -0.2) is 0 Å². The van der Waals surface area contributed by atoms with Crippen LogP contribution in [0.4, 0.5) is 0 Å². The summed E-state index contributed by atoms with van der Waals surface area (Å²) in [6.07, 6.45) is 1.05. The standard InChI is InChI=1S/C21H34N2O4/c1-6-22(7-2)13-9-14-23(15-12-20(25)26-5)19(24)16-27-21-17(3)10-8-11-18(21)4/h8,10-11H,6-7,9,12-16H2,1-5H3. The Balaban J connectivity index is 2.66. The van der Waals surface area contributed by atoms with Crippen molar-refractivity contribution in [2.24, 2.45) is 0 Å². The lowest BCUT2D eigenvalue weighted by molar-refractivity contribution is -0.142. The molecule has 0 bridgehead atoms. The molecule has 1 aromatic carbocycles. The van der Waals surface area contributed by atoms with Gasteiger partial charge in [-0.05, 0) is 51.0 Å². The largest absolute Gasteiger partial charge is 0.483 e. The molecular weight excluding hydrogens is 344 g/mol. The van der Waals surface area contributed by atoms with E-state index in [9.17, 15) is 9.59 Å². The average molecular weight is 379 g/mol. The molecule has 0 aliphatic carbocycles. The minimum absolute atomic E-state index is 0.0296. The molecule has 0 saturated carbocycles. The van der Waals surface area contributed by atoms with Gasteiger partial charge < -0.3 is 19.3 Å². The third kappa shape index (κ3) is 7.99. The van der Waals surface area contributed by atoms with E-state index in [-0.39, 0.29) is 24.9 Å². The molecule has 152 valence electrons. The molecule has 0 unspecified atom stereocenters. The molecule has 0 heterocycles. The summed E-state index contributed by atoms with van der Waals surface area (Å²) < 4.78 is 10.5. The SMILES string of the molecule is CCN(CC)CCCN(CCC(=O)OC)C(=O)COc1c(C)cccc1C. The Morgan fingerprint density at radius 2 is 1.63 bits per heavy atom. The average Bonchev–Trinajstić information content (AvgIpc) is 2.66. The fraction of sp³-hybridized carbons (Fsp3) is 0.619. The van der Waals surface area contributed by atoms with E-state index in [1.165, 1.54) is 7.11 Å². The number of nitrogens with zero attached hydrogens (tertiary/aromatic N) is 2. The number of esters is 1. The number of methoxy groups -OCH3 is 1. The van der Waals surface area contributed by atoms with Crippen molar-refractivity contribution in [3.8, 4) is 5.75 Å². The highest BCUT2D eigenvalue weighted by molar-refractivity contribution is 5.78. The minimum atomic E-state index is -0.313. The highest BCUT2D eigenvalue weighted by Gasteiger charge is 2.17. The second-order valence-electron chi connectivity index (χ2n) is 6.60. The Kier molecular flexibility index (Phi) is 10.5. The smallest absolute Gasteiger partial charge is 0.307 e. The fourth-order valence-corrected chi connectivity index (χ4v) is 2.97. The zero-order valence-corrected chi connectivity index (χ0v) is 17.4. The van der Waals surface area contributed by atoms with Crippen LogP contribution in [-0.2, 0) is 14.3 Å². The maximum Gasteiger partial charge on any atom is 0.307 e. The molecule has 0 N–H and O–H groups in total. The number of carbonyl (C=O) groups excluding carboxylic acids is 2. The van der Waals surface area contributed by atoms with E-state index in [0.29, 0.717) is 13.1 Å². The number of rotatable bonds is 12. The van der Waals surface area contributed by atoms with Crippen LogP contribution in [0.1, 0.15) is 37.8 Å². The number of amides is 1. The molecule has 1 rings (SSSR count). The lowest BCUT2D eigenvalue weighted by Gasteiger charge is -2.25. The van der Waals surface area contributed by atoms with E-state index in [2.05, 4.69) is 18.7 Å². The Morgan fingerprint density at radius 3 is 2.19 bits per heavy atom. The van der Waals surface area contributed by atoms with Crippen LogP contribution in [0.5, 0.6) is 5.75 Å². The number of carbonyl (C=O) groups is 2. The van der Waals surface area contributed by atoms with Gasteiger partial charge in [0.2, 0.25) is 0 Å². The maximum atomic E-state index is 12.7. The number of benzene rings is 1. The van der Waals surface area contributed by atoms with Crippen molar-refractivity contribution >= 4 is 11.9 Å². The third-order valence-electron chi connectivity index (χ3n) is 4.71. The minimum Gasteiger partial charge on any atom is -0.483 e. The molecule has 0 fully saturated rings. The summed E-state index contributed by atoms with van der Waals surface area (Å²) in [5.74, 6) is 0.329. The Bertz CT molecular complexity index is 580. The lowest BCUT2D eigenvalue weighted by atomic mass is 10.1. The maximum absolute atomic E-state index is 12.7. The van der Waals surface area contributed by atoms with Gasteiger partial charge in [-0.15, -0.1) is 0 Å². The van der Waals surface area contributed by atoms with Crippen molar-refractivity contribution in [1.82, 2.24) is 9.80 Å². The first-order valence-corrected chi connectivity index (χ1v) is 9.68. The topological polar surface area (TPSA) is 59.1 Å². The molecule has 1 aromatic rings. The van der Waals surface area contributed by atoms with Crippen molar-refractivity contribution in [3.05, 3.63) is 29.3 Å². The van der Waals surface area contributed by atoms with E-state index in [4.69, 9.17) is 9.47 Å². The van der Waals surface area contributed by atoms with Gasteiger partial charge in [0.1, 0.15) is 5.75 Å². The predicted molar refractivity (Wildman–Crippen MR) is 107 cm³/mol. The van der Waals surface area contributed by atoms with Crippen molar-refractivity contribution in [2.75, 3.05) is 46.4 Å². The molecular formula is C21H34N2O4. The van der Waals surface area contributed by atoms with Crippen LogP contribution in [0, 0.1) is 13.8 Å². The first-order chi connectivity index (χ1) is 12.9. The quantitative estimate of drug-likeness (QED) is 0.524. The van der Waals surface area contributed by atoms with E-state index >= 15 is 0 Å². The first-order valence-electron chi connectivity index (χ1n) is 9.68. The number of hydrogen-bond donors (Lipinski definition) is 0.